The highest BCUT2D eigenvalue weighted by Gasteiger charge is 2.36. The number of nitrogens with zero attached hydrogens (tertiary/aromatic N) is 2. The highest BCUT2D eigenvalue weighted by molar-refractivity contribution is 6.30. The zero-order valence-electron chi connectivity index (χ0n) is 15.0. The van der Waals surface area contributed by atoms with Crippen LogP contribution in [0, 0.1) is 13.8 Å². The van der Waals surface area contributed by atoms with Crippen LogP contribution in [-0.4, -0.2) is 21.5 Å². The normalized spacial score (nSPS) is 16.0. The Hall–Kier alpha value is -2.92. The maximum atomic E-state index is 13.1. The van der Waals surface area contributed by atoms with E-state index in [-0.39, 0.29) is 18.1 Å². The van der Waals surface area contributed by atoms with Crippen molar-refractivity contribution in [3.05, 3.63) is 75.9 Å². The fourth-order valence-corrected chi connectivity index (χ4v) is 3.67. The Balaban J connectivity index is 1.82. The summed E-state index contributed by atoms with van der Waals surface area (Å²) >= 11 is 6.10. The monoisotopic (exact) mass is 379 g/mol. The maximum Gasteiger partial charge on any atom is 0.226 e. The molecule has 0 saturated carbocycles. The molecule has 1 atom stereocenters. The van der Waals surface area contributed by atoms with Gasteiger partial charge >= 0.3 is 0 Å². The molecule has 6 heteroatoms. The zero-order valence-corrected chi connectivity index (χ0v) is 15.7. The zero-order chi connectivity index (χ0) is 19.1. The smallest absolute Gasteiger partial charge is 0.226 e. The Bertz CT molecular complexity index is 1050. The lowest BCUT2D eigenvalue weighted by Crippen LogP contribution is -2.28. The van der Waals surface area contributed by atoms with Gasteiger partial charge in [0.1, 0.15) is 5.82 Å². The largest absolute Gasteiger partial charge is 0.310 e. The van der Waals surface area contributed by atoms with Crippen LogP contribution in [-0.2, 0) is 4.79 Å². The molecule has 0 unspecified atom stereocenters. The molecule has 1 N–H and O–H groups in total. The number of anilines is 1. The molecule has 0 aliphatic carbocycles. The number of benzene rings is 2. The summed E-state index contributed by atoms with van der Waals surface area (Å²) in [5.74, 6) is -0.281. The van der Waals surface area contributed by atoms with Crippen LogP contribution < -0.4 is 5.32 Å². The molecule has 1 amide bonds. The Morgan fingerprint density at radius 2 is 1.93 bits per heavy atom. The van der Waals surface area contributed by atoms with Crippen molar-refractivity contribution < 1.29 is 9.59 Å². The lowest BCUT2D eigenvalue weighted by atomic mass is 9.85. The van der Waals surface area contributed by atoms with Crippen molar-refractivity contribution in [2.75, 3.05) is 5.32 Å². The predicted molar refractivity (Wildman–Crippen MR) is 105 cm³/mol. The summed E-state index contributed by atoms with van der Waals surface area (Å²) < 4.78 is 1.64. The molecule has 2 aromatic carbocycles. The number of hydrogen-bond acceptors (Lipinski definition) is 3. The quantitative estimate of drug-likeness (QED) is 0.684. The molecule has 1 aliphatic rings. The number of fused-ring (bicyclic) bond motifs is 1. The number of aromatic nitrogens is 2. The summed E-state index contributed by atoms with van der Waals surface area (Å²) in [6, 6.07) is 14.6. The number of Topliss-reactive ketones (excluding diaryl/α,β-unsaturated/α-hetero) is 1. The minimum atomic E-state index is -0.551. The van der Waals surface area contributed by atoms with Crippen molar-refractivity contribution >= 4 is 29.1 Å². The number of ketones is 1. The van der Waals surface area contributed by atoms with Gasteiger partial charge in [0.25, 0.3) is 0 Å². The van der Waals surface area contributed by atoms with Crippen LogP contribution in [0.25, 0.3) is 5.69 Å². The molecule has 0 spiro atoms. The molecule has 1 aliphatic heterocycles. The third kappa shape index (κ3) is 3.15. The lowest BCUT2D eigenvalue weighted by molar-refractivity contribution is -0.116. The predicted octanol–water partition coefficient (Wildman–Crippen LogP) is 4.45. The number of hydrogen-bond donors (Lipinski definition) is 1. The molecule has 2 heterocycles. The van der Waals surface area contributed by atoms with Crippen LogP contribution >= 0.6 is 11.6 Å². The van der Waals surface area contributed by atoms with Crippen molar-refractivity contribution in [1.29, 1.82) is 0 Å². The molecular formula is C21H18ClN3O2. The summed E-state index contributed by atoms with van der Waals surface area (Å²) in [7, 11) is 0. The van der Waals surface area contributed by atoms with Crippen LogP contribution in [0.2, 0.25) is 5.02 Å². The van der Waals surface area contributed by atoms with Gasteiger partial charge in [-0.25, -0.2) is 4.68 Å². The number of halogens is 1. The Morgan fingerprint density at radius 3 is 2.63 bits per heavy atom. The molecular weight excluding hydrogens is 362 g/mol. The molecule has 4 rings (SSSR count). The lowest BCUT2D eigenvalue weighted by Gasteiger charge is -2.23. The molecule has 0 saturated heterocycles. The standard InChI is InChI=1S/C21H18ClN3O2/c1-12-6-8-14(9-7-12)20(27)17-11-18(26)23-21-19(17)13(2)24-25(21)16-5-3-4-15(22)10-16/h3-10,17H,11H2,1-2H3,(H,23,26)/t17-/m1/s1. The topological polar surface area (TPSA) is 64.0 Å². The summed E-state index contributed by atoms with van der Waals surface area (Å²) in [6.45, 7) is 3.83. The summed E-state index contributed by atoms with van der Waals surface area (Å²) in [5.41, 5.74) is 3.89. The molecule has 0 radical (unpaired) electrons. The average molecular weight is 380 g/mol. The molecule has 3 aromatic rings. The van der Waals surface area contributed by atoms with Crippen molar-refractivity contribution in [3.8, 4) is 5.69 Å². The Labute approximate surface area is 162 Å². The number of nitrogens with one attached hydrogen (secondary N) is 1. The van der Waals surface area contributed by atoms with E-state index in [0.717, 1.165) is 22.5 Å². The van der Waals surface area contributed by atoms with Gasteiger partial charge in [-0.05, 0) is 32.0 Å². The van der Waals surface area contributed by atoms with Gasteiger partial charge in [0, 0.05) is 22.6 Å². The number of rotatable bonds is 3. The van der Waals surface area contributed by atoms with Crippen LogP contribution in [0.1, 0.15) is 39.5 Å². The highest BCUT2D eigenvalue weighted by atomic mass is 35.5. The van der Waals surface area contributed by atoms with Crippen LogP contribution in [0.3, 0.4) is 0 Å². The van der Waals surface area contributed by atoms with Crippen molar-refractivity contribution in [2.45, 2.75) is 26.2 Å². The van der Waals surface area contributed by atoms with Crippen LogP contribution in [0.5, 0.6) is 0 Å². The van der Waals surface area contributed by atoms with Gasteiger partial charge in [0.15, 0.2) is 5.78 Å². The third-order valence-electron chi connectivity index (χ3n) is 4.81. The summed E-state index contributed by atoms with van der Waals surface area (Å²) in [4.78, 5) is 25.5. The van der Waals surface area contributed by atoms with E-state index in [4.69, 9.17) is 11.6 Å². The van der Waals surface area contributed by atoms with E-state index in [0.29, 0.717) is 16.4 Å². The van der Waals surface area contributed by atoms with E-state index in [9.17, 15) is 9.59 Å². The van der Waals surface area contributed by atoms with Gasteiger partial charge in [-0.3, -0.25) is 9.59 Å². The minimum absolute atomic E-state index is 0.0696. The second-order valence-electron chi connectivity index (χ2n) is 6.77. The highest BCUT2D eigenvalue weighted by Crippen LogP contribution is 2.38. The molecule has 5 nitrogen and oxygen atoms in total. The SMILES string of the molecule is Cc1ccc(C(=O)[C@@H]2CC(=O)Nc3c2c(C)nn3-c2cccc(Cl)c2)cc1. The first-order valence-corrected chi connectivity index (χ1v) is 9.08. The van der Waals surface area contributed by atoms with E-state index in [1.165, 1.54) is 0 Å². The van der Waals surface area contributed by atoms with Gasteiger partial charge < -0.3 is 5.32 Å². The maximum absolute atomic E-state index is 13.1. The van der Waals surface area contributed by atoms with Gasteiger partial charge in [-0.1, -0.05) is 47.5 Å². The fraction of sp³-hybridized carbons (Fsp3) is 0.190. The molecule has 0 bridgehead atoms. The summed E-state index contributed by atoms with van der Waals surface area (Å²) in [5, 5.41) is 8.02. The van der Waals surface area contributed by atoms with Crippen LogP contribution in [0.15, 0.2) is 48.5 Å². The fourth-order valence-electron chi connectivity index (χ4n) is 3.48. The van der Waals surface area contributed by atoms with E-state index in [2.05, 4.69) is 10.4 Å². The van der Waals surface area contributed by atoms with Gasteiger partial charge in [-0.2, -0.15) is 5.10 Å². The average Bonchev–Trinajstić information content (AvgIpc) is 2.97. The van der Waals surface area contributed by atoms with E-state index in [1.54, 1.807) is 28.9 Å². The molecule has 0 fully saturated rings. The first kappa shape index (κ1) is 17.5. The van der Waals surface area contributed by atoms with E-state index >= 15 is 0 Å². The molecule has 1 aromatic heterocycles. The number of aryl methyl sites for hydroxylation is 2. The number of carbonyl (C=O) groups is 2. The van der Waals surface area contributed by atoms with Crippen molar-refractivity contribution in [1.82, 2.24) is 9.78 Å². The van der Waals surface area contributed by atoms with Gasteiger partial charge in [0.2, 0.25) is 5.91 Å². The Morgan fingerprint density at radius 1 is 1.19 bits per heavy atom. The van der Waals surface area contributed by atoms with Crippen molar-refractivity contribution in [3.63, 3.8) is 0 Å². The Kier molecular flexibility index (Phi) is 4.32. The summed E-state index contributed by atoms with van der Waals surface area (Å²) in [6.07, 6.45) is 0.113. The van der Waals surface area contributed by atoms with Gasteiger partial charge in [0.05, 0.1) is 17.3 Å². The second kappa shape index (κ2) is 6.67. The number of amides is 1. The third-order valence-corrected chi connectivity index (χ3v) is 5.04. The van der Waals surface area contributed by atoms with E-state index < -0.39 is 5.92 Å². The first-order chi connectivity index (χ1) is 12.9. The van der Waals surface area contributed by atoms with Crippen molar-refractivity contribution in [2.24, 2.45) is 0 Å². The van der Waals surface area contributed by atoms with Gasteiger partial charge in [-0.15, -0.1) is 0 Å². The minimum Gasteiger partial charge on any atom is -0.310 e. The number of carbonyl (C=O) groups excluding carboxylic acids is 2. The second-order valence-corrected chi connectivity index (χ2v) is 7.21. The van der Waals surface area contributed by atoms with E-state index in [1.807, 2.05) is 38.1 Å². The molecule has 27 heavy (non-hydrogen) atoms. The first-order valence-electron chi connectivity index (χ1n) is 8.70. The molecule has 136 valence electrons. The van der Waals surface area contributed by atoms with Crippen LogP contribution in [0.4, 0.5) is 5.82 Å².